The molecule has 0 fully saturated rings. The molecule has 0 radical (unpaired) electrons. The van der Waals surface area contributed by atoms with E-state index in [-0.39, 0.29) is 0 Å². The Kier molecular flexibility index (Phi) is 3.43. The van der Waals surface area contributed by atoms with Gasteiger partial charge in [-0.15, -0.1) is 11.3 Å². The Morgan fingerprint density at radius 1 is 0.957 bits per heavy atom. The summed E-state index contributed by atoms with van der Waals surface area (Å²) in [5.74, 6) is 0. The van der Waals surface area contributed by atoms with E-state index in [0.717, 1.165) is 10.5 Å². The Hall–Kier alpha value is -2.52. The molecule has 0 bridgehead atoms. The van der Waals surface area contributed by atoms with Gasteiger partial charge in [0.1, 0.15) is 16.8 Å². The van der Waals surface area contributed by atoms with Crippen LogP contribution in [0.25, 0.3) is 32.0 Å². The fourth-order valence-electron chi connectivity index (χ4n) is 2.85. The summed E-state index contributed by atoms with van der Waals surface area (Å²) in [5, 5.41) is 1.07. The number of nitrogens with zero attached hydrogens (tertiary/aromatic N) is 2. The van der Waals surface area contributed by atoms with Gasteiger partial charge in [-0.3, -0.25) is 0 Å². The van der Waals surface area contributed by atoms with Gasteiger partial charge in [-0.1, -0.05) is 48.5 Å². The van der Waals surface area contributed by atoms with Crippen LogP contribution in [0.1, 0.15) is 5.56 Å². The van der Waals surface area contributed by atoms with Gasteiger partial charge < -0.3 is 0 Å². The first-order valence-electron chi connectivity index (χ1n) is 7.64. The lowest BCUT2D eigenvalue weighted by atomic mass is 10.0. The Morgan fingerprint density at radius 3 is 2.48 bits per heavy atom. The summed E-state index contributed by atoms with van der Waals surface area (Å²) in [5.41, 5.74) is 5.96. The standard InChI is InChI=1S/C20H17N2S/c1-14-8-6-7-11-16(14)18-12-17-19(13-22(18)2)23-20(21-17)15-9-4-3-5-10-15/h3-13H,1-2H3/q+1. The van der Waals surface area contributed by atoms with Crippen molar-refractivity contribution in [3.8, 4) is 21.8 Å². The number of hydrogen-bond acceptors (Lipinski definition) is 2. The van der Waals surface area contributed by atoms with Gasteiger partial charge >= 0.3 is 0 Å². The number of fused-ring (bicyclic) bond motifs is 1. The number of pyridine rings is 1. The molecule has 0 atom stereocenters. The molecule has 112 valence electrons. The van der Waals surface area contributed by atoms with Crippen molar-refractivity contribution in [1.29, 1.82) is 0 Å². The van der Waals surface area contributed by atoms with Crippen molar-refractivity contribution in [2.24, 2.45) is 7.05 Å². The Balaban J connectivity index is 1.89. The molecule has 0 unspecified atom stereocenters. The highest BCUT2D eigenvalue weighted by Crippen LogP contribution is 2.31. The van der Waals surface area contributed by atoms with Crippen molar-refractivity contribution in [2.45, 2.75) is 6.92 Å². The molecule has 0 saturated carbocycles. The topological polar surface area (TPSA) is 16.8 Å². The van der Waals surface area contributed by atoms with Crippen molar-refractivity contribution in [1.82, 2.24) is 4.98 Å². The van der Waals surface area contributed by atoms with E-state index >= 15 is 0 Å². The monoisotopic (exact) mass is 317 g/mol. The molecule has 4 aromatic rings. The first-order valence-corrected chi connectivity index (χ1v) is 8.46. The third-order valence-electron chi connectivity index (χ3n) is 4.09. The van der Waals surface area contributed by atoms with Crippen molar-refractivity contribution >= 4 is 21.6 Å². The second kappa shape index (κ2) is 5.60. The summed E-state index contributed by atoms with van der Waals surface area (Å²) >= 11 is 1.74. The minimum absolute atomic E-state index is 1.06. The predicted octanol–water partition coefficient (Wildman–Crippen LogP) is 4.76. The van der Waals surface area contributed by atoms with E-state index in [2.05, 4.69) is 79.3 Å². The molecule has 0 spiro atoms. The van der Waals surface area contributed by atoms with Crippen molar-refractivity contribution in [3.05, 3.63) is 72.4 Å². The number of thiazole rings is 1. The molecule has 2 aromatic carbocycles. The van der Waals surface area contributed by atoms with E-state index < -0.39 is 0 Å². The van der Waals surface area contributed by atoms with E-state index in [1.54, 1.807) is 11.3 Å². The Labute approximate surface area is 139 Å². The lowest BCUT2D eigenvalue weighted by Crippen LogP contribution is -2.30. The van der Waals surface area contributed by atoms with E-state index in [0.29, 0.717) is 0 Å². The average Bonchev–Trinajstić information content (AvgIpc) is 2.98. The number of aryl methyl sites for hydroxylation is 2. The van der Waals surface area contributed by atoms with Crippen molar-refractivity contribution < 1.29 is 4.57 Å². The van der Waals surface area contributed by atoms with Gasteiger partial charge in [0.2, 0.25) is 5.69 Å². The molecule has 23 heavy (non-hydrogen) atoms. The van der Waals surface area contributed by atoms with Gasteiger partial charge in [-0.2, -0.15) is 4.57 Å². The van der Waals surface area contributed by atoms with Crippen LogP contribution in [0.2, 0.25) is 0 Å². The molecule has 0 aliphatic heterocycles. The summed E-state index contributed by atoms with van der Waals surface area (Å²) in [6.07, 6.45) is 2.18. The third-order valence-corrected chi connectivity index (χ3v) is 5.14. The first-order chi connectivity index (χ1) is 11.2. The molecule has 3 heteroatoms. The van der Waals surface area contributed by atoms with Crippen LogP contribution in [0.5, 0.6) is 0 Å². The average molecular weight is 317 g/mol. The molecule has 0 saturated heterocycles. The molecular weight excluding hydrogens is 300 g/mol. The summed E-state index contributed by atoms with van der Waals surface area (Å²) in [4.78, 5) is 4.85. The molecule has 0 aliphatic rings. The van der Waals surface area contributed by atoms with Crippen molar-refractivity contribution in [3.63, 3.8) is 0 Å². The van der Waals surface area contributed by atoms with Crippen LogP contribution in [0.3, 0.4) is 0 Å². The zero-order chi connectivity index (χ0) is 15.8. The summed E-state index contributed by atoms with van der Waals surface area (Å²) < 4.78 is 3.40. The SMILES string of the molecule is Cc1ccccc1-c1cc2nc(-c3ccccc3)sc2c[n+]1C. The second-order valence-corrected chi connectivity index (χ2v) is 6.75. The minimum atomic E-state index is 1.06. The smallest absolute Gasteiger partial charge is 0.214 e. The fraction of sp³-hybridized carbons (Fsp3) is 0.100. The first kappa shape index (κ1) is 14.1. The fourth-order valence-corrected chi connectivity index (χ4v) is 3.87. The van der Waals surface area contributed by atoms with Crippen molar-refractivity contribution in [2.75, 3.05) is 0 Å². The van der Waals surface area contributed by atoms with Crippen LogP contribution >= 0.6 is 11.3 Å². The predicted molar refractivity (Wildman–Crippen MR) is 96.4 cm³/mol. The summed E-state index contributed by atoms with van der Waals surface area (Å²) in [7, 11) is 2.10. The Bertz CT molecular complexity index is 987. The van der Waals surface area contributed by atoms with Crippen LogP contribution in [0.15, 0.2) is 66.9 Å². The van der Waals surface area contributed by atoms with Gasteiger partial charge in [-0.25, -0.2) is 4.98 Å². The maximum atomic E-state index is 4.85. The van der Waals surface area contributed by atoms with E-state index in [9.17, 15) is 0 Å². The second-order valence-electron chi connectivity index (χ2n) is 5.72. The highest BCUT2D eigenvalue weighted by molar-refractivity contribution is 7.21. The normalized spacial score (nSPS) is 11.0. The number of aromatic nitrogens is 2. The lowest BCUT2D eigenvalue weighted by molar-refractivity contribution is -0.659. The maximum absolute atomic E-state index is 4.85. The summed E-state index contributed by atoms with van der Waals surface area (Å²) in [6.45, 7) is 2.15. The van der Waals surface area contributed by atoms with Gasteiger partial charge in [0.05, 0.1) is 5.52 Å². The van der Waals surface area contributed by atoms with Crippen LogP contribution in [0, 0.1) is 6.92 Å². The highest BCUT2D eigenvalue weighted by Gasteiger charge is 2.16. The van der Waals surface area contributed by atoms with E-state index in [1.807, 2.05) is 6.07 Å². The minimum Gasteiger partial charge on any atom is -0.236 e. The van der Waals surface area contributed by atoms with Crippen LogP contribution in [-0.2, 0) is 7.05 Å². The van der Waals surface area contributed by atoms with Gasteiger partial charge in [0.15, 0.2) is 6.20 Å². The van der Waals surface area contributed by atoms with E-state index in [4.69, 9.17) is 4.98 Å². The maximum Gasteiger partial charge on any atom is 0.214 e. The summed E-state index contributed by atoms with van der Waals surface area (Å²) in [6, 6.07) is 21.0. The molecule has 4 rings (SSSR count). The van der Waals surface area contributed by atoms with Gasteiger partial charge in [0, 0.05) is 17.2 Å². The zero-order valence-electron chi connectivity index (χ0n) is 13.2. The zero-order valence-corrected chi connectivity index (χ0v) is 14.0. The third kappa shape index (κ3) is 2.53. The quantitative estimate of drug-likeness (QED) is 0.487. The Morgan fingerprint density at radius 2 is 1.70 bits per heavy atom. The van der Waals surface area contributed by atoms with Gasteiger partial charge in [-0.05, 0) is 18.6 Å². The molecule has 2 aromatic heterocycles. The van der Waals surface area contributed by atoms with Gasteiger partial charge in [0.25, 0.3) is 0 Å². The van der Waals surface area contributed by atoms with E-state index in [1.165, 1.54) is 27.1 Å². The molecule has 0 amide bonds. The van der Waals surface area contributed by atoms with Crippen LogP contribution in [-0.4, -0.2) is 4.98 Å². The molecular formula is C20H17N2S+. The number of benzene rings is 2. The molecule has 0 N–H and O–H groups in total. The number of rotatable bonds is 2. The lowest BCUT2D eigenvalue weighted by Gasteiger charge is -2.03. The molecule has 2 heterocycles. The van der Waals surface area contributed by atoms with Crippen LogP contribution < -0.4 is 4.57 Å². The molecule has 2 nitrogen and oxygen atoms in total. The highest BCUT2D eigenvalue weighted by atomic mass is 32.1. The van der Waals surface area contributed by atoms with Crippen LogP contribution in [0.4, 0.5) is 0 Å². The number of hydrogen-bond donors (Lipinski definition) is 0. The molecule has 0 aliphatic carbocycles. The largest absolute Gasteiger partial charge is 0.236 e.